The zero-order valence-electron chi connectivity index (χ0n) is 15.9. The molecule has 29 heavy (non-hydrogen) atoms. The van der Waals surface area contributed by atoms with Crippen LogP contribution in [0.2, 0.25) is 0 Å². The highest BCUT2D eigenvalue weighted by molar-refractivity contribution is 5.84. The van der Waals surface area contributed by atoms with E-state index in [1.165, 1.54) is 17.7 Å². The van der Waals surface area contributed by atoms with E-state index in [4.69, 9.17) is 0 Å². The van der Waals surface area contributed by atoms with E-state index in [1.54, 1.807) is 12.1 Å². The van der Waals surface area contributed by atoms with Crippen LogP contribution in [0.1, 0.15) is 28.1 Å². The Hall–Kier alpha value is -3.58. The van der Waals surface area contributed by atoms with Crippen LogP contribution in [-0.4, -0.2) is 9.97 Å². The molecule has 1 aromatic heterocycles. The molecule has 0 atom stereocenters. The van der Waals surface area contributed by atoms with Crippen molar-refractivity contribution in [3.8, 4) is 11.8 Å². The minimum atomic E-state index is -0.853. The molecule has 0 saturated carbocycles. The number of benzene rings is 3. The fourth-order valence-corrected chi connectivity index (χ4v) is 3.02. The Bertz CT molecular complexity index is 1220. The maximum absolute atomic E-state index is 13.4. The van der Waals surface area contributed by atoms with E-state index in [9.17, 15) is 8.78 Å². The number of hydrogen-bond acceptors (Lipinski definition) is 2. The van der Waals surface area contributed by atoms with Crippen LogP contribution < -0.4 is 0 Å². The summed E-state index contributed by atoms with van der Waals surface area (Å²) >= 11 is 0. The maximum Gasteiger partial charge on any atom is 0.159 e. The third-order valence-electron chi connectivity index (χ3n) is 4.66. The van der Waals surface area contributed by atoms with Crippen LogP contribution in [0, 0.1) is 30.4 Å². The summed E-state index contributed by atoms with van der Waals surface area (Å²) in [6, 6.07) is 15.8. The Morgan fingerprint density at radius 3 is 2.07 bits per heavy atom. The third kappa shape index (κ3) is 4.64. The first-order valence-corrected chi connectivity index (χ1v) is 9.34. The molecule has 1 heterocycles. The summed E-state index contributed by atoms with van der Waals surface area (Å²) in [7, 11) is 0. The molecule has 0 fully saturated rings. The molecule has 2 nitrogen and oxygen atoms in total. The predicted octanol–water partition coefficient (Wildman–Crippen LogP) is 5.40. The minimum Gasteiger partial charge on any atom is -0.241 e. The van der Waals surface area contributed by atoms with E-state index < -0.39 is 11.6 Å². The molecule has 0 amide bonds. The van der Waals surface area contributed by atoms with Crippen molar-refractivity contribution in [1.82, 2.24) is 9.97 Å². The number of aromatic nitrogens is 2. The molecule has 0 N–H and O–H groups in total. The third-order valence-corrected chi connectivity index (χ3v) is 4.66. The van der Waals surface area contributed by atoms with E-state index in [0.29, 0.717) is 10.8 Å². The lowest BCUT2D eigenvalue weighted by molar-refractivity contribution is 0.511. The van der Waals surface area contributed by atoms with Gasteiger partial charge in [0.05, 0.1) is 0 Å². The molecule has 0 unspecified atom stereocenters. The van der Waals surface area contributed by atoms with Crippen molar-refractivity contribution in [3.63, 3.8) is 0 Å². The summed E-state index contributed by atoms with van der Waals surface area (Å²) in [5.41, 5.74) is 3.90. The Morgan fingerprint density at radius 2 is 1.34 bits per heavy atom. The fraction of sp³-hybridized carbons (Fsp3) is 0.120. The SMILES string of the molecule is Cc1cnc(CCc2ccc(C#Cc3ccc4cc(F)c(F)cc4c3)cc2)nc1. The van der Waals surface area contributed by atoms with E-state index in [0.717, 1.165) is 35.4 Å². The minimum absolute atomic E-state index is 0.629. The van der Waals surface area contributed by atoms with E-state index in [2.05, 4.69) is 33.9 Å². The van der Waals surface area contributed by atoms with E-state index in [-0.39, 0.29) is 0 Å². The highest BCUT2D eigenvalue weighted by atomic mass is 19.2. The van der Waals surface area contributed by atoms with Gasteiger partial charge >= 0.3 is 0 Å². The second-order valence-electron chi connectivity index (χ2n) is 6.95. The van der Waals surface area contributed by atoms with Crippen LogP contribution in [0.4, 0.5) is 8.78 Å². The van der Waals surface area contributed by atoms with Crippen LogP contribution in [0.5, 0.6) is 0 Å². The lowest BCUT2D eigenvalue weighted by atomic mass is 10.1. The molecule has 0 aliphatic carbocycles. The van der Waals surface area contributed by atoms with Crippen molar-refractivity contribution >= 4 is 10.8 Å². The summed E-state index contributed by atoms with van der Waals surface area (Å²) in [6.07, 6.45) is 5.32. The molecule has 3 aromatic carbocycles. The first-order chi connectivity index (χ1) is 14.1. The van der Waals surface area contributed by atoms with Crippen LogP contribution in [0.3, 0.4) is 0 Å². The average Bonchev–Trinajstić information content (AvgIpc) is 2.73. The van der Waals surface area contributed by atoms with Crippen molar-refractivity contribution in [2.75, 3.05) is 0 Å². The highest BCUT2D eigenvalue weighted by Gasteiger charge is 2.04. The normalized spacial score (nSPS) is 10.6. The predicted molar refractivity (Wildman–Crippen MR) is 110 cm³/mol. The first kappa shape index (κ1) is 18.8. The van der Waals surface area contributed by atoms with Gasteiger partial charge in [-0.3, -0.25) is 0 Å². The summed E-state index contributed by atoms with van der Waals surface area (Å²) in [5, 5.41) is 1.28. The van der Waals surface area contributed by atoms with Gasteiger partial charge < -0.3 is 0 Å². The molecular weight excluding hydrogens is 366 g/mol. The number of fused-ring (bicyclic) bond motifs is 1. The smallest absolute Gasteiger partial charge is 0.159 e. The monoisotopic (exact) mass is 384 g/mol. The fourth-order valence-electron chi connectivity index (χ4n) is 3.02. The van der Waals surface area contributed by atoms with Crippen LogP contribution >= 0.6 is 0 Å². The van der Waals surface area contributed by atoms with Gasteiger partial charge in [-0.1, -0.05) is 30.0 Å². The summed E-state index contributed by atoms with van der Waals surface area (Å²) in [4.78, 5) is 8.66. The van der Waals surface area contributed by atoms with Crippen LogP contribution in [-0.2, 0) is 12.8 Å². The second-order valence-corrected chi connectivity index (χ2v) is 6.95. The van der Waals surface area contributed by atoms with Crippen LogP contribution in [0.15, 0.2) is 67.0 Å². The molecule has 0 aliphatic heterocycles. The van der Waals surface area contributed by atoms with Gasteiger partial charge in [-0.2, -0.15) is 0 Å². The number of aryl methyl sites for hydroxylation is 3. The maximum atomic E-state index is 13.4. The van der Waals surface area contributed by atoms with Gasteiger partial charge in [0.25, 0.3) is 0 Å². The van der Waals surface area contributed by atoms with Crippen LogP contribution in [0.25, 0.3) is 10.8 Å². The van der Waals surface area contributed by atoms with E-state index in [1.807, 2.05) is 37.5 Å². The Morgan fingerprint density at radius 1 is 0.724 bits per heavy atom. The van der Waals surface area contributed by atoms with Crippen molar-refractivity contribution in [2.45, 2.75) is 19.8 Å². The summed E-state index contributed by atoms with van der Waals surface area (Å²) in [6.45, 7) is 1.97. The van der Waals surface area contributed by atoms with Gasteiger partial charge in [0, 0.05) is 29.9 Å². The van der Waals surface area contributed by atoms with Gasteiger partial charge in [-0.15, -0.1) is 0 Å². The van der Waals surface area contributed by atoms with Crippen molar-refractivity contribution in [3.05, 3.63) is 107 Å². The van der Waals surface area contributed by atoms with Gasteiger partial charge in [0.15, 0.2) is 11.6 Å². The topological polar surface area (TPSA) is 25.8 Å². The highest BCUT2D eigenvalue weighted by Crippen LogP contribution is 2.19. The molecule has 0 aliphatic rings. The molecule has 0 spiro atoms. The van der Waals surface area contributed by atoms with Gasteiger partial charge in [-0.05, 0) is 71.6 Å². The number of hydrogen-bond donors (Lipinski definition) is 0. The summed E-state index contributed by atoms with van der Waals surface area (Å²) < 4.78 is 26.7. The molecule has 0 radical (unpaired) electrons. The molecule has 4 rings (SSSR count). The van der Waals surface area contributed by atoms with E-state index >= 15 is 0 Å². The molecule has 142 valence electrons. The Balaban J connectivity index is 1.45. The van der Waals surface area contributed by atoms with Gasteiger partial charge in [-0.25, -0.2) is 18.7 Å². The van der Waals surface area contributed by atoms with Gasteiger partial charge in [0.2, 0.25) is 0 Å². The van der Waals surface area contributed by atoms with Gasteiger partial charge in [0.1, 0.15) is 5.82 Å². The first-order valence-electron chi connectivity index (χ1n) is 9.34. The number of nitrogens with zero attached hydrogens (tertiary/aromatic N) is 2. The molecule has 4 aromatic rings. The lowest BCUT2D eigenvalue weighted by Crippen LogP contribution is -1.98. The molecule has 0 saturated heterocycles. The largest absolute Gasteiger partial charge is 0.241 e. The lowest BCUT2D eigenvalue weighted by Gasteiger charge is -2.02. The number of rotatable bonds is 3. The molecule has 0 bridgehead atoms. The zero-order chi connectivity index (χ0) is 20.2. The standard InChI is InChI=1S/C25H18F2N2/c1-17-15-28-25(29-16-17)11-9-19-4-2-18(3-5-19)6-7-20-8-10-21-13-23(26)24(27)14-22(21)12-20/h2-5,8,10,12-16H,9,11H2,1H3. The molecular formula is C25H18F2N2. The zero-order valence-corrected chi connectivity index (χ0v) is 15.9. The number of halogens is 2. The quantitative estimate of drug-likeness (QED) is 0.442. The summed E-state index contributed by atoms with van der Waals surface area (Å²) in [5.74, 6) is 5.34. The molecule has 4 heteroatoms. The van der Waals surface area contributed by atoms with Crippen molar-refractivity contribution in [1.29, 1.82) is 0 Å². The average molecular weight is 384 g/mol. The van der Waals surface area contributed by atoms with Crippen molar-refractivity contribution < 1.29 is 8.78 Å². The Kier molecular flexibility index (Phi) is 5.31. The second kappa shape index (κ2) is 8.20. The Labute approximate surface area is 168 Å². The van der Waals surface area contributed by atoms with Crippen molar-refractivity contribution in [2.24, 2.45) is 0 Å².